The van der Waals surface area contributed by atoms with Crippen LogP contribution in [0.15, 0.2) is 22.5 Å². The van der Waals surface area contributed by atoms with E-state index in [0.29, 0.717) is 9.47 Å². The minimum Gasteiger partial charge on any atom is -0.363 e. The number of rotatable bonds is 5. The number of nitrogens with one attached hydrogen (secondary N) is 2. The van der Waals surface area contributed by atoms with Crippen LogP contribution in [0.4, 0.5) is 19.6 Å². The van der Waals surface area contributed by atoms with Crippen LogP contribution < -0.4 is 10.6 Å². The van der Waals surface area contributed by atoms with Gasteiger partial charge in [-0.1, -0.05) is 23.1 Å². The third-order valence-electron chi connectivity index (χ3n) is 2.46. The number of aromatic nitrogens is 2. The highest BCUT2D eigenvalue weighted by Crippen LogP contribution is 2.29. The SMILES string of the molecule is CNc1nnc(S[C@@H](C)C(=O)Nc2ccc(F)cc2F)s1. The molecule has 0 bridgehead atoms. The number of hydrogen-bond donors (Lipinski definition) is 2. The molecule has 1 amide bonds. The van der Waals surface area contributed by atoms with Gasteiger partial charge in [0.1, 0.15) is 11.6 Å². The van der Waals surface area contributed by atoms with Crippen LogP contribution in [0.25, 0.3) is 0 Å². The number of nitrogens with zero attached hydrogens (tertiary/aromatic N) is 2. The second-order valence-corrected chi connectivity index (χ2v) is 6.56. The Labute approximate surface area is 128 Å². The lowest BCUT2D eigenvalue weighted by Gasteiger charge is -2.10. The summed E-state index contributed by atoms with van der Waals surface area (Å²) in [7, 11) is 1.72. The van der Waals surface area contributed by atoms with Crippen molar-refractivity contribution in [3.63, 3.8) is 0 Å². The molecule has 0 spiro atoms. The van der Waals surface area contributed by atoms with Crippen molar-refractivity contribution in [3.05, 3.63) is 29.8 Å². The van der Waals surface area contributed by atoms with Gasteiger partial charge in [-0.05, 0) is 19.1 Å². The van der Waals surface area contributed by atoms with Crippen LogP contribution in [0.2, 0.25) is 0 Å². The quantitative estimate of drug-likeness (QED) is 0.825. The van der Waals surface area contributed by atoms with E-state index in [9.17, 15) is 13.6 Å². The van der Waals surface area contributed by atoms with Crippen molar-refractivity contribution in [1.29, 1.82) is 0 Å². The fourth-order valence-corrected chi connectivity index (χ4v) is 3.24. The summed E-state index contributed by atoms with van der Waals surface area (Å²) < 4.78 is 26.9. The Kier molecular flexibility index (Phi) is 5.07. The number of halogens is 2. The molecule has 2 N–H and O–H groups in total. The van der Waals surface area contributed by atoms with Crippen LogP contribution in [0.3, 0.4) is 0 Å². The lowest BCUT2D eigenvalue weighted by atomic mass is 10.3. The number of carbonyl (C=O) groups is 1. The minimum absolute atomic E-state index is 0.0537. The van der Waals surface area contributed by atoms with E-state index in [2.05, 4.69) is 20.8 Å². The molecule has 1 aromatic heterocycles. The van der Waals surface area contributed by atoms with Crippen LogP contribution in [-0.4, -0.2) is 28.4 Å². The maximum Gasteiger partial charge on any atom is 0.237 e. The van der Waals surface area contributed by atoms with E-state index in [1.54, 1.807) is 14.0 Å². The molecule has 1 aromatic carbocycles. The highest BCUT2D eigenvalue weighted by Gasteiger charge is 2.18. The van der Waals surface area contributed by atoms with Gasteiger partial charge in [-0.2, -0.15) is 0 Å². The number of anilines is 2. The molecule has 0 unspecified atom stereocenters. The number of thioether (sulfide) groups is 1. The zero-order chi connectivity index (χ0) is 15.4. The monoisotopic (exact) mass is 330 g/mol. The third-order valence-corrected chi connectivity index (χ3v) is 4.58. The molecule has 2 aromatic rings. The van der Waals surface area contributed by atoms with Gasteiger partial charge in [0.25, 0.3) is 0 Å². The van der Waals surface area contributed by atoms with Crippen LogP contribution in [0.1, 0.15) is 6.92 Å². The van der Waals surface area contributed by atoms with Gasteiger partial charge in [0.05, 0.1) is 10.9 Å². The molecule has 0 aliphatic rings. The average Bonchev–Trinajstić information content (AvgIpc) is 2.89. The van der Waals surface area contributed by atoms with Crippen LogP contribution >= 0.6 is 23.1 Å². The first-order valence-corrected chi connectivity index (χ1v) is 7.63. The summed E-state index contributed by atoms with van der Waals surface area (Å²) in [6.45, 7) is 1.67. The smallest absolute Gasteiger partial charge is 0.237 e. The normalized spacial score (nSPS) is 12.0. The highest BCUT2D eigenvalue weighted by molar-refractivity contribution is 8.02. The molecule has 21 heavy (non-hydrogen) atoms. The summed E-state index contributed by atoms with van der Waals surface area (Å²) >= 11 is 2.53. The Morgan fingerprint density at radius 1 is 1.38 bits per heavy atom. The van der Waals surface area contributed by atoms with Gasteiger partial charge in [-0.15, -0.1) is 10.2 Å². The van der Waals surface area contributed by atoms with Gasteiger partial charge in [0, 0.05) is 13.1 Å². The molecule has 0 aliphatic carbocycles. The van der Waals surface area contributed by atoms with Crippen LogP contribution in [0.5, 0.6) is 0 Å². The number of amides is 1. The van der Waals surface area contributed by atoms with Gasteiger partial charge in [0.2, 0.25) is 11.0 Å². The molecule has 2 rings (SSSR count). The van der Waals surface area contributed by atoms with E-state index in [-0.39, 0.29) is 5.69 Å². The summed E-state index contributed by atoms with van der Waals surface area (Å²) in [5, 5.41) is 13.2. The summed E-state index contributed by atoms with van der Waals surface area (Å²) in [6.07, 6.45) is 0. The summed E-state index contributed by atoms with van der Waals surface area (Å²) in [6, 6.07) is 2.99. The van der Waals surface area contributed by atoms with Crippen LogP contribution in [-0.2, 0) is 4.79 Å². The van der Waals surface area contributed by atoms with Crippen LogP contribution in [0, 0.1) is 11.6 Å². The lowest BCUT2D eigenvalue weighted by molar-refractivity contribution is -0.115. The molecule has 9 heteroatoms. The zero-order valence-electron chi connectivity index (χ0n) is 11.2. The Morgan fingerprint density at radius 2 is 2.14 bits per heavy atom. The standard InChI is InChI=1S/C12H12F2N4OS2/c1-6(20-12-18-17-11(15-2)21-12)10(19)16-9-4-3-7(13)5-8(9)14/h3-6H,1-2H3,(H,15,17)(H,16,19)/t6-/m0/s1. The minimum atomic E-state index is -0.811. The van der Waals surface area contributed by atoms with Crippen molar-refractivity contribution in [2.24, 2.45) is 0 Å². The molecular formula is C12H12F2N4OS2. The third kappa shape index (κ3) is 4.11. The van der Waals surface area contributed by atoms with E-state index >= 15 is 0 Å². The van der Waals surface area contributed by atoms with Crippen molar-refractivity contribution < 1.29 is 13.6 Å². The van der Waals surface area contributed by atoms with Crippen molar-refractivity contribution >= 4 is 39.8 Å². The van der Waals surface area contributed by atoms with E-state index in [4.69, 9.17) is 0 Å². The molecular weight excluding hydrogens is 318 g/mol. The number of hydrogen-bond acceptors (Lipinski definition) is 6. The predicted molar refractivity (Wildman–Crippen MR) is 79.8 cm³/mol. The van der Waals surface area contributed by atoms with Crippen molar-refractivity contribution in [2.45, 2.75) is 16.5 Å². The van der Waals surface area contributed by atoms with Gasteiger partial charge in [-0.3, -0.25) is 4.79 Å². The number of benzene rings is 1. The van der Waals surface area contributed by atoms with Gasteiger partial charge < -0.3 is 10.6 Å². The molecule has 112 valence electrons. The molecule has 0 saturated carbocycles. The van der Waals surface area contributed by atoms with E-state index in [1.807, 2.05) is 0 Å². The van der Waals surface area contributed by atoms with E-state index in [0.717, 1.165) is 12.1 Å². The Balaban J connectivity index is 1.99. The molecule has 5 nitrogen and oxygen atoms in total. The van der Waals surface area contributed by atoms with E-state index in [1.165, 1.54) is 29.2 Å². The van der Waals surface area contributed by atoms with Gasteiger partial charge in [0.15, 0.2) is 4.34 Å². The molecule has 0 aliphatic heterocycles. The fraction of sp³-hybridized carbons (Fsp3) is 0.250. The first kappa shape index (κ1) is 15.6. The molecule has 0 saturated heterocycles. The van der Waals surface area contributed by atoms with Crippen molar-refractivity contribution in [1.82, 2.24) is 10.2 Å². The fourth-order valence-electron chi connectivity index (χ4n) is 1.39. The molecule has 1 heterocycles. The second kappa shape index (κ2) is 6.81. The number of carbonyl (C=O) groups excluding carboxylic acids is 1. The second-order valence-electron chi connectivity index (χ2n) is 4.00. The molecule has 0 radical (unpaired) electrons. The predicted octanol–water partition coefficient (Wildman–Crippen LogP) is 2.98. The lowest BCUT2D eigenvalue weighted by Crippen LogP contribution is -2.22. The van der Waals surface area contributed by atoms with Crippen molar-refractivity contribution in [3.8, 4) is 0 Å². The highest BCUT2D eigenvalue weighted by atomic mass is 32.2. The Bertz CT molecular complexity index is 650. The molecule has 0 fully saturated rings. The topological polar surface area (TPSA) is 66.9 Å². The average molecular weight is 330 g/mol. The summed E-state index contributed by atoms with van der Waals surface area (Å²) in [5.74, 6) is -1.90. The van der Waals surface area contributed by atoms with E-state index < -0.39 is 22.8 Å². The first-order chi connectivity index (χ1) is 9.99. The Hall–Kier alpha value is -1.74. The zero-order valence-corrected chi connectivity index (χ0v) is 12.8. The van der Waals surface area contributed by atoms with Gasteiger partial charge in [-0.25, -0.2) is 8.78 Å². The summed E-state index contributed by atoms with van der Waals surface area (Å²) in [4.78, 5) is 12.0. The first-order valence-electron chi connectivity index (χ1n) is 5.93. The maximum atomic E-state index is 13.5. The maximum absolute atomic E-state index is 13.5. The van der Waals surface area contributed by atoms with Gasteiger partial charge >= 0.3 is 0 Å². The Morgan fingerprint density at radius 3 is 2.76 bits per heavy atom. The molecule has 1 atom stereocenters. The van der Waals surface area contributed by atoms with Crippen molar-refractivity contribution in [2.75, 3.05) is 17.7 Å². The summed E-state index contributed by atoms with van der Waals surface area (Å²) in [5.41, 5.74) is -0.0537. The largest absolute Gasteiger partial charge is 0.363 e.